The van der Waals surface area contributed by atoms with Crippen molar-refractivity contribution in [1.82, 2.24) is 0 Å². The highest BCUT2D eigenvalue weighted by molar-refractivity contribution is 4.99. The summed E-state index contributed by atoms with van der Waals surface area (Å²) in [5, 5.41) is 9.15. The fraction of sp³-hybridized carbons (Fsp3) is 1.00. The van der Waals surface area contributed by atoms with Gasteiger partial charge in [0.15, 0.2) is 0 Å². The van der Waals surface area contributed by atoms with Crippen LogP contribution >= 0.6 is 0 Å². The standard InChI is InChI=1S/C7H14F2N2O2/c1-3-5(11)7(8,9)6(12)4(2-10)13-3/h3-6,12H,2,10-11H2,1H3/t3-,4?,5?,6?/m1/s1. The van der Waals surface area contributed by atoms with Gasteiger partial charge in [0.05, 0.1) is 12.1 Å². The van der Waals surface area contributed by atoms with E-state index in [1.807, 2.05) is 0 Å². The van der Waals surface area contributed by atoms with Gasteiger partial charge in [0.25, 0.3) is 5.92 Å². The minimum absolute atomic E-state index is 0.145. The Kier molecular flexibility index (Phi) is 2.86. The fourth-order valence-electron chi connectivity index (χ4n) is 1.38. The normalized spacial score (nSPS) is 44.8. The van der Waals surface area contributed by atoms with Gasteiger partial charge < -0.3 is 21.3 Å². The lowest BCUT2D eigenvalue weighted by Gasteiger charge is -2.41. The topological polar surface area (TPSA) is 81.5 Å². The van der Waals surface area contributed by atoms with E-state index < -0.39 is 30.3 Å². The van der Waals surface area contributed by atoms with E-state index >= 15 is 0 Å². The molecule has 1 heterocycles. The summed E-state index contributed by atoms with van der Waals surface area (Å²) in [4.78, 5) is 0. The van der Waals surface area contributed by atoms with E-state index in [-0.39, 0.29) is 6.54 Å². The second kappa shape index (κ2) is 3.45. The van der Waals surface area contributed by atoms with Crippen LogP contribution in [0.3, 0.4) is 0 Å². The van der Waals surface area contributed by atoms with Crippen LogP contribution in [0.15, 0.2) is 0 Å². The van der Waals surface area contributed by atoms with Crippen molar-refractivity contribution in [2.75, 3.05) is 6.54 Å². The zero-order chi connectivity index (χ0) is 10.2. The highest BCUT2D eigenvalue weighted by atomic mass is 19.3. The molecule has 5 N–H and O–H groups in total. The van der Waals surface area contributed by atoms with Gasteiger partial charge in [-0.05, 0) is 6.92 Å². The minimum Gasteiger partial charge on any atom is -0.384 e. The molecule has 4 nitrogen and oxygen atoms in total. The number of halogens is 2. The van der Waals surface area contributed by atoms with Gasteiger partial charge in [-0.1, -0.05) is 0 Å². The Morgan fingerprint density at radius 2 is 2.08 bits per heavy atom. The minimum atomic E-state index is -3.33. The van der Waals surface area contributed by atoms with E-state index in [0.29, 0.717) is 0 Å². The molecule has 0 aromatic rings. The van der Waals surface area contributed by atoms with Crippen molar-refractivity contribution in [2.24, 2.45) is 11.5 Å². The molecule has 6 heteroatoms. The van der Waals surface area contributed by atoms with Gasteiger partial charge in [0.1, 0.15) is 12.2 Å². The van der Waals surface area contributed by atoms with Gasteiger partial charge in [-0.2, -0.15) is 0 Å². The molecule has 0 bridgehead atoms. The molecule has 4 atom stereocenters. The van der Waals surface area contributed by atoms with Gasteiger partial charge in [-0.25, -0.2) is 8.78 Å². The Morgan fingerprint density at radius 1 is 1.54 bits per heavy atom. The molecule has 1 rings (SSSR count). The van der Waals surface area contributed by atoms with E-state index in [1.165, 1.54) is 6.92 Å². The van der Waals surface area contributed by atoms with Crippen LogP contribution in [0.4, 0.5) is 8.78 Å². The maximum Gasteiger partial charge on any atom is 0.293 e. The largest absolute Gasteiger partial charge is 0.384 e. The molecule has 0 aromatic heterocycles. The number of hydrogen-bond acceptors (Lipinski definition) is 4. The predicted molar refractivity (Wildman–Crippen MR) is 42.3 cm³/mol. The average Bonchev–Trinajstić information content (AvgIpc) is 2.09. The zero-order valence-electron chi connectivity index (χ0n) is 7.28. The van der Waals surface area contributed by atoms with Gasteiger partial charge in [0, 0.05) is 6.54 Å². The lowest BCUT2D eigenvalue weighted by atomic mass is 9.93. The zero-order valence-corrected chi connectivity index (χ0v) is 7.28. The van der Waals surface area contributed by atoms with Crippen molar-refractivity contribution in [3.63, 3.8) is 0 Å². The summed E-state index contributed by atoms with van der Waals surface area (Å²) in [6.45, 7) is 1.29. The lowest BCUT2D eigenvalue weighted by molar-refractivity contribution is -0.239. The van der Waals surface area contributed by atoms with Crippen molar-refractivity contribution >= 4 is 0 Å². The molecule has 0 aliphatic carbocycles. The number of hydrogen-bond donors (Lipinski definition) is 3. The van der Waals surface area contributed by atoms with Crippen LogP contribution in [0.25, 0.3) is 0 Å². The molecule has 78 valence electrons. The SMILES string of the molecule is C[C@H]1OC(CN)C(O)C(F)(F)C1N. The van der Waals surface area contributed by atoms with Crippen LogP contribution in [0.1, 0.15) is 6.92 Å². The number of alkyl halides is 2. The summed E-state index contributed by atoms with van der Waals surface area (Å²) in [7, 11) is 0. The Labute approximate surface area is 74.8 Å². The van der Waals surface area contributed by atoms with Crippen molar-refractivity contribution in [3.05, 3.63) is 0 Å². The van der Waals surface area contributed by atoms with Crippen LogP contribution in [0, 0.1) is 0 Å². The summed E-state index contributed by atoms with van der Waals surface area (Å²) in [5.74, 6) is -3.33. The molecule has 0 aromatic carbocycles. The van der Waals surface area contributed by atoms with Crippen LogP contribution < -0.4 is 11.5 Å². The first-order valence-electron chi connectivity index (χ1n) is 4.08. The Balaban J connectivity index is 2.82. The Hall–Kier alpha value is -0.300. The first kappa shape index (κ1) is 10.8. The maximum absolute atomic E-state index is 13.2. The van der Waals surface area contributed by atoms with Gasteiger partial charge in [-0.15, -0.1) is 0 Å². The third-order valence-electron chi connectivity index (χ3n) is 2.32. The second-order valence-corrected chi connectivity index (χ2v) is 3.26. The molecule has 1 aliphatic heterocycles. The highest BCUT2D eigenvalue weighted by Gasteiger charge is 2.54. The second-order valence-electron chi connectivity index (χ2n) is 3.26. The van der Waals surface area contributed by atoms with Crippen molar-refractivity contribution in [3.8, 4) is 0 Å². The van der Waals surface area contributed by atoms with Gasteiger partial charge in [0.2, 0.25) is 0 Å². The molecule has 0 radical (unpaired) electrons. The van der Waals surface area contributed by atoms with E-state index in [4.69, 9.17) is 21.3 Å². The molecule has 13 heavy (non-hydrogen) atoms. The number of rotatable bonds is 1. The Bertz CT molecular complexity index is 191. The number of ether oxygens (including phenoxy) is 1. The summed E-state index contributed by atoms with van der Waals surface area (Å²) >= 11 is 0. The molecule has 0 amide bonds. The molecule has 3 unspecified atom stereocenters. The summed E-state index contributed by atoms with van der Waals surface area (Å²) in [6, 6.07) is -1.48. The molecule has 0 saturated carbocycles. The summed E-state index contributed by atoms with van der Waals surface area (Å²) in [6.07, 6.45) is -3.75. The maximum atomic E-state index is 13.2. The highest BCUT2D eigenvalue weighted by Crippen LogP contribution is 2.32. The number of aliphatic hydroxyl groups is 1. The summed E-state index contributed by atoms with van der Waals surface area (Å²) in [5.41, 5.74) is 10.4. The van der Waals surface area contributed by atoms with Gasteiger partial charge in [-0.3, -0.25) is 0 Å². The van der Waals surface area contributed by atoms with E-state index in [9.17, 15) is 8.78 Å². The molecule has 1 fully saturated rings. The van der Waals surface area contributed by atoms with E-state index in [1.54, 1.807) is 0 Å². The smallest absolute Gasteiger partial charge is 0.293 e. The third-order valence-corrected chi connectivity index (χ3v) is 2.32. The van der Waals surface area contributed by atoms with Gasteiger partial charge >= 0.3 is 0 Å². The first-order chi connectivity index (χ1) is 5.91. The average molecular weight is 196 g/mol. The summed E-state index contributed by atoms with van der Waals surface area (Å²) < 4.78 is 31.4. The molecular formula is C7H14F2N2O2. The van der Waals surface area contributed by atoms with Crippen LogP contribution in [-0.4, -0.2) is 41.9 Å². The van der Waals surface area contributed by atoms with E-state index in [2.05, 4.69) is 0 Å². The monoisotopic (exact) mass is 196 g/mol. The molecule has 1 saturated heterocycles. The van der Waals surface area contributed by atoms with Crippen molar-refractivity contribution < 1.29 is 18.6 Å². The molecule has 1 aliphatic rings. The quantitative estimate of drug-likeness (QED) is 0.505. The molecular weight excluding hydrogens is 182 g/mol. The third kappa shape index (κ3) is 1.67. The Morgan fingerprint density at radius 3 is 2.54 bits per heavy atom. The first-order valence-corrected chi connectivity index (χ1v) is 4.08. The van der Waals surface area contributed by atoms with Crippen LogP contribution in [-0.2, 0) is 4.74 Å². The fourth-order valence-corrected chi connectivity index (χ4v) is 1.38. The molecule has 0 spiro atoms. The predicted octanol–water partition coefficient (Wildman–Crippen LogP) is -0.944. The van der Waals surface area contributed by atoms with E-state index in [0.717, 1.165) is 0 Å². The van der Waals surface area contributed by atoms with Crippen LogP contribution in [0.2, 0.25) is 0 Å². The van der Waals surface area contributed by atoms with Crippen LogP contribution in [0.5, 0.6) is 0 Å². The number of nitrogens with two attached hydrogens (primary N) is 2. The lowest BCUT2D eigenvalue weighted by Crippen LogP contribution is -2.65. The number of aliphatic hydroxyl groups excluding tert-OH is 1. The van der Waals surface area contributed by atoms with Crippen molar-refractivity contribution in [2.45, 2.75) is 37.2 Å². The van der Waals surface area contributed by atoms with Crippen molar-refractivity contribution in [1.29, 1.82) is 0 Å².